The van der Waals surface area contributed by atoms with Crippen molar-refractivity contribution in [2.24, 2.45) is 0 Å². The molecule has 3 rings (SSSR count). The summed E-state index contributed by atoms with van der Waals surface area (Å²) in [5, 5.41) is 12.7. The number of ether oxygens (including phenoxy) is 2. The summed E-state index contributed by atoms with van der Waals surface area (Å²) in [6.07, 6.45) is 6.46. The van der Waals surface area contributed by atoms with Gasteiger partial charge >= 0.3 is 0 Å². The smallest absolute Gasteiger partial charge is 0.244 e. The van der Waals surface area contributed by atoms with Crippen LogP contribution in [0.25, 0.3) is 6.08 Å². The van der Waals surface area contributed by atoms with E-state index in [4.69, 9.17) is 9.47 Å². The lowest BCUT2D eigenvalue weighted by Gasteiger charge is -2.27. The molecule has 1 fully saturated rings. The molecule has 5 heteroatoms. The molecule has 0 bridgehead atoms. The summed E-state index contributed by atoms with van der Waals surface area (Å²) in [5.74, 6) is 1.24. The van der Waals surface area contributed by atoms with Crippen LogP contribution in [-0.4, -0.2) is 30.0 Å². The number of benzene rings is 1. The van der Waals surface area contributed by atoms with Gasteiger partial charge in [0.15, 0.2) is 11.5 Å². The predicted octanol–water partition coefficient (Wildman–Crippen LogP) is 1.85. The second kappa shape index (κ2) is 6.18. The summed E-state index contributed by atoms with van der Waals surface area (Å²) in [7, 11) is 0. The summed E-state index contributed by atoms with van der Waals surface area (Å²) in [5.41, 5.74) is 0.874. The summed E-state index contributed by atoms with van der Waals surface area (Å²) >= 11 is 0. The van der Waals surface area contributed by atoms with Crippen molar-refractivity contribution in [3.63, 3.8) is 0 Å². The third-order valence-corrected chi connectivity index (χ3v) is 3.88. The van der Waals surface area contributed by atoms with Gasteiger partial charge in [-0.2, -0.15) is 0 Å². The number of rotatable bonds is 3. The quantitative estimate of drug-likeness (QED) is 0.833. The lowest BCUT2D eigenvalue weighted by Crippen LogP contribution is -2.44. The Bertz CT molecular complexity index is 555. The first-order valence-electron chi connectivity index (χ1n) is 7.29. The number of amides is 1. The van der Waals surface area contributed by atoms with E-state index in [2.05, 4.69) is 5.32 Å². The minimum Gasteiger partial charge on any atom is -0.454 e. The Morgan fingerprint density at radius 3 is 2.90 bits per heavy atom. The molecule has 1 heterocycles. The molecule has 0 radical (unpaired) electrons. The van der Waals surface area contributed by atoms with E-state index < -0.39 is 6.10 Å². The predicted molar refractivity (Wildman–Crippen MR) is 78.0 cm³/mol. The second-order valence-electron chi connectivity index (χ2n) is 5.41. The minimum absolute atomic E-state index is 0.132. The van der Waals surface area contributed by atoms with Gasteiger partial charge in [0, 0.05) is 6.08 Å². The highest BCUT2D eigenvalue weighted by molar-refractivity contribution is 5.92. The van der Waals surface area contributed by atoms with E-state index >= 15 is 0 Å². The molecule has 1 aliphatic heterocycles. The van der Waals surface area contributed by atoms with Crippen LogP contribution in [-0.2, 0) is 4.79 Å². The van der Waals surface area contributed by atoms with Crippen LogP contribution in [0.3, 0.4) is 0 Å². The van der Waals surface area contributed by atoms with Crippen LogP contribution in [0.15, 0.2) is 24.3 Å². The maximum atomic E-state index is 11.9. The third-order valence-electron chi connectivity index (χ3n) is 3.88. The van der Waals surface area contributed by atoms with Gasteiger partial charge in [-0.1, -0.05) is 18.9 Å². The molecule has 0 spiro atoms. The van der Waals surface area contributed by atoms with Crippen molar-refractivity contribution in [2.45, 2.75) is 37.8 Å². The highest BCUT2D eigenvalue weighted by Crippen LogP contribution is 2.32. The molecule has 2 atom stereocenters. The Morgan fingerprint density at radius 1 is 1.24 bits per heavy atom. The zero-order valence-electron chi connectivity index (χ0n) is 11.7. The van der Waals surface area contributed by atoms with Crippen LogP contribution in [0.4, 0.5) is 0 Å². The van der Waals surface area contributed by atoms with Crippen LogP contribution in [0.2, 0.25) is 0 Å². The maximum Gasteiger partial charge on any atom is 0.244 e. The minimum atomic E-state index is -0.429. The average molecular weight is 289 g/mol. The summed E-state index contributed by atoms with van der Waals surface area (Å²) < 4.78 is 10.5. The molecule has 1 aromatic carbocycles. The van der Waals surface area contributed by atoms with Crippen LogP contribution < -0.4 is 14.8 Å². The lowest BCUT2D eigenvalue weighted by molar-refractivity contribution is -0.118. The molecule has 1 amide bonds. The Labute approximate surface area is 123 Å². The lowest BCUT2D eigenvalue weighted by atomic mass is 9.92. The SMILES string of the molecule is O=C(C=Cc1ccc2c(c1)OCO2)NC1CCCCC1O. The molecule has 2 aliphatic rings. The van der Waals surface area contributed by atoms with Gasteiger partial charge in [0.1, 0.15) is 0 Å². The van der Waals surface area contributed by atoms with Gasteiger partial charge in [0.05, 0.1) is 12.1 Å². The first-order valence-corrected chi connectivity index (χ1v) is 7.29. The van der Waals surface area contributed by atoms with Crippen molar-refractivity contribution in [1.29, 1.82) is 0 Å². The van der Waals surface area contributed by atoms with Gasteiger partial charge in [0.25, 0.3) is 0 Å². The zero-order valence-corrected chi connectivity index (χ0v) is 11.7. The topological polar surface area (TPSA) is 67.8 Å². The number of carbonyl (C=O) groups excluding carboxylic acids is 1. The monoisotopic (exact) mass is 289 g/mol. The van der Waals surface area contributed by atoms with Crippen molar-refractivity contribution in [2.75, 3.05) is 6.79 Å². The van der Waals surface area contributed by atoms with Crippen LogP contribution in [0, 0.1) is 0 Å². The molecule has 21 heavy (non-hydrogen) atoms. The Balaban J connectivity index is 1.59. The Kier molecular flexibility index (Phi) is 4.10. The van der Waals surface area contributed by atoms with Gasteiger partial charge in [-0.3, -0.25) is 4.79 Å². The first-order chi connectivity index (χ1) is 10.2. The molecular formula is C16H19NO4. The van der Waals surface area contributed by atoms with Crippen molar-refractivity contribution < 1.29 is 19.4 Å². The largest absolute Gasteiger partial charge is 0.454 e. The fraction of sp³-hybridized carbons (Fsp3) is 0.438. The van der Waals surface area contributed by atoms with E-state index in [1.807, 2.05) is 18.2 Å². The van der Waals surface area contributed by atoms with Gasteiger partial charge in [-0.25, -0.2) is 0 Å². The van der Waals surface area contributed by atoms with Gasteiger partial charge in [-0.15, -0.1) is 0 Å². The number of carbonyl (C=O) groups is 1. The van der Waals surface area contributed by atoms with E-state index in [9.17, 15) is 9.90 Å². The van der Waals surface area contributed by atoms with E-state index in [-0.39, 0.29) is 18.7 Å². The van der Waals surface area contributed by atoms with E-state index in [0.29, 0.717) is 5.75 Å². The van der Waals surface area contributed by atoms with E-state index in [1.54, 1.807) is 6.08 Å². The summed E-state index contributed by atoms with van der Waals surface area (Å²) in [6.45, 7) is 0.239. The van der Waals surface area contributed by atoms with Crippen molar-refractivity contribution in [1.82, 2.24) is 5.32 Å². The van der Waals surface area contributed by atoms with Gasteiger partial charge in [0.2, 0.25) is 12.7 Å². The normalized spacial score (nSPS) is 24.2. The number of aliphatic hydroxyl groups is 1. The number of aliphatic hydroxyl groups excluding tert-OH is 1. The summed E-state index contributed by atoms with van der Waals surface area (Å²) in [6, 6.07) is 5.40. The van der Waals surface area contributed by atoms with E-state index in [1.165, 1.54) is 6.08 Å². The molecule has 1 aromatic rings. The fourth-order valence-corrected chi connectivity index (χ4v) is 2.70. The molecular weight excluding hydrogens is 270 g/mol. The number of hydrogen-bond acceptors (Lipinski definition) is 4. The van der Waals surface area contributed by atoms with Crippen molar-refractivity contribution in [3.8, 4) is 11.5 Å². The van der Waals surface area contributed by atoms with Crippen molar-refractivity contribution in [3.05, 3.63) is 29.8 Å². The molecule has 2 unspecified atom stereocenters. The van der Waals surface area contributed by atoms with E-state index in [0.717, 1.165) is 37.0 Å². The Morgan fingerprint density at radius 2 is 2.05 bits per heavy atom. The number of hydrogen-bond donors (Lipinski definition) is 2. The molecule has 1 aliphatic carbocycles. The molecule has 2 N–H and O–H groups in total. The zero-order chi connectivity index (χ0) is 14.7. The molecule has 112 valence electrons. The molecule has 0 saturated heterocycles. The standard InChI is InChI=1S/C16H19NO4/c18-13-4-2-1-3-12(13)17-16(19)8-6-11-5-7-14-15(9-11)21-10-20-14/h5-9,12-13,18H,1-4,10H2,(H,17,19). The third kappa shape index (κ3) is 3.36. The number of nitrogens with one attached hydrogen (secondary N) is 1. The van der Waals surface area contributed by atoms with Crippen LogP contribution in [0.5, 0.6) is 11.5 Å². The molecule has 5 nitrogen and oxygen atoms in total. The average Bonchev–Trinajstić information content (AvgIpc) is 2.95. The molecule has 1 saturated carbocycles. The first kappa shape index (κ1) is 13.9. The van der Waals surface area contributed by atoms with Crippen molar-refractivity contribution >= 4 is 12.0 Å². The fourth-order valence-electron chi connectivity index (χ4n) is 2.70. The van der Waals surface area contributed by atoms with Crippen LogP contribution in [0.1, 0.15) is 31.2 Å². The highest BCUT2D eigenvalue weighted by atomic mass is 16.7. The Hall–Kier alpha value is -2.01. The highest BCUT2D eigenvalue weighted by Gasteiger charge is 2.23. The van der Waals surface area contributed by atoms with Gasteiger partial charge < -0.3 is 19.9 Å². The number of fused-ring (bicyclic) bond motifs is 1. The summed E-state index contributed by atoms with van der Waals surface area (Å²) in [4.78, 5) is 11.9. The molecule has 0 aromatic heterocycles. The van der Waals surface area contributed by atoms with Crippen LogP contribution >= 0.6 is 0 Å². The maximum absolute atomic E-state index is 11.9. The second-order valence-corrected chi connectivity index (χ2v) is 5.41. The van der Waals surface area contributed by atoms with Gasteiger partial charge in [-0.05, 0) is 36.6 Å².